The summed E-state index contributed by atoms with van der Waals surface area (Å²) in [5.74, 6) is -0.572. The zero-order valence-electron chi connectivity index (χ0n) is 18.4. The number of ketones is 1. The maximum Gasteiger partial charge on any atom is 0.306 e. The molecule has 3 aromatic rings. The Kier molecular flexibility index (Phi) is 6.98. The molecule has 1 atom stereocenters. The van der Waals surface area contributed by atoms with Gasteiger partial charge in [0, 0.05) is 11.8 Å². The number of rotatable bonds is 11. The first kappa shape index (κ1) is 22.5. The van der Waals surface area contributed by atoms with Crippen LogP contribution in [-0.2, 0) is 11.2 Å². The van der Waals surface area contributed by atoms with Crippen molar-refractivity contribution in [2.45, 2.75) is 37.6 Å². The van der Waals surface area contributed by atoms with Crippen molar-refractivity contribution in [3.63, 3.8) is 0 Å². The van der Waals surface area contributed by atoms with Crippen molar-refractivity contribution in [2.24, 2.45) is 4.99 Å². The molecule has 0 fully saturated rings. The first-order valence-corrected chi connectivity index (χ1v) is 11.3. The van der Waals surface area contributed by atoms with Gasteiger partial charge in [-0.3, -0.25) is 14.6 Å². The van der Waals surface area contributed by atoms with E-state index in [9.17, 15) is 14.7 Å². The van der Waals surface area contributed by atoms with Crippen LogP contribution < -0.4 is 4.74 Å². The molecule has 3 aromatic carbocycles. The van der Waals surface area contributed by atoms with Crippen molar-refractivity contribution in [3.8, 4) is 5.75 Å². The maximum absolute atomic E-state index is 13.1. The van der Waals surface area contributed by atoms with Crippen LogP contribution in [0.5, 0.6) is 5.75 Å². The Labute approximate surface area is 193 Å². The van der Waals surface area contributed by atoms with Crippen LogP contribution >= 0.6 is 0 Å². The minimum Gasteiger partial charge on any atom is -0.494 e. The summed E-state index contributed by atoms with van der Waals surface area (Å²) in [7, 11) is 0. The number of hydrogen-bond donors (Lipinski definition) is 1. The quantitative estimate of drug-likeness (QED) is 0.307. The number of carbonyl (C=O) groups is 2. The van der Waals surface area contributed by atoms with Gasteiger partial charge in [-0.1, -0.05) is 48.5 Å². The third kappa shape index (κ3) is 5.55. The molecule has 1 heterocycles. The standard InChI is InChI=1S/C28H27NO4/c30-26(31)20-28(15-7-16-29-28)27(32)24-12-11-23-19-25(14-13-22(23)18-24)33-17-6-2-5-10-21-8-3-1-4-9-21/h1,3-4,7-9,11-16,18-19H,2,5-6,10,17,20H2,(H,30,31). The van der Waals surface area contributed by atoms with E-state index >= 15 is 0 Å². The number of hydrogen-bond acceptors (Lipinski definition) is 4. The monoisotopic (exact) mass is 441 g/mol. The van der Waals surface area contributed by atoms with E-state index in [1.165, 1.54) is 11.8 Å². The van der Waals surface area contributed by atoms with E-state index in [1.54, 1.807) is 24.3 Å². The fourth-order valence-electron chi connectivity index (χ4n) is 4.12. The normalized spacial score (nSPS) is 16.8. The molecule has 0 aliphatic carbocycles. The molecule has 1 aliphatic heterocycles. The minimum absolute atomic E-state index is 0.312. The topological polar surface area (TPSA) is 76.0 Å². The number of allylic oxidation sites excluding steroid dienone is 1. The summed E-state index contributed by atoms with van der Waals surface area (Å²) in [4.78, 5) is 28.5. The number of aliphatic imine (C=N–C) groups is 1. The number of ether oxygens (including phenoxy) is 1. The van der Waals surface area contributed by atoms with Crippen LogP contribution in [0.4, 0.5) is 0 Å². The molecule has 0 spiro atoms. The molecular weight excluding hydrogens is 414 g/mol. The Hall–Kier alpha value is -3.73. The van der Waals surface area contributed by atoms with Gasteiger partial charge in [-0.05, 0) is 72.4 Å². The van der Waals surface area contributed by atoms with E-state index in [1.807, 2.05) is 30.3 Å². The fourth-order valence-corrected chi connectivity index (χ4v) is 4.12. The molecule has 1 N–H and O–H groups in total. The van der Waals surface area contributed by atoms with Gasteiger partial charge >= 0.3 is 5.97 Å². The molecule has 33 heavy (non-hydrogen) atoms. The number of aliphatic carboxylic acids is 1. The summed E-state index contributed by atoms with van der Waals surface area (Å²) in [6.45, 7) is 0.666. The molecule has 5 nitrogen and oxygen atoms in total. The molecule has 1 aliphatic rings. The second-order valence-electron chi connectivity index (χ2n) is 8.33. The molecule has 0 amide bonds. The smallest absolute Gasteiger partial charge is 0.306 e. The Balaban J connectivity index is 1.34. The number of fused-ring (bicyclic) bond motifs is 1. The molecule has 0 saturated heterocycles. The van der Waals surface area contributed by atoms with Gasteiger partial charge in [0.25, 0.3) is 0 Å². The highest BCUT2D eigenvalue weighted by molar-refractivity contribution is 6.10. The molecule has 168 valence electrons. The van der Waals surface area contributed by atoms with Gasteiger partial charge in [0.2, 0.25) is 0 Å². The summed E-state index contributed by atoms with van der Waals surface area (Å²) in [6, 6.07) is 21.7. The van der Waals surface area contributed by atoms with Crippen molar-refractivity contribution >= 4 is 28.7 Å². The zero-order chi connectivity index (χ0) is 23.1. The predicted octanol–water partition coefficient (Wildman–Crippen LogP) is 5.67. The first-order valence-electron chi connectivity index (χ1n) is 11.3. The van der Waals surface area contributed by atoms with Gasteiger partial charge in [-0.2, -0.15) is 0 Å². The summed E-state index contributed by atoms with van der Waals surface area (Å²) in [6.07, 6.45) is 8.64. The molecule has 4 rings (SSSR count). The average molecular weight is 442 g/mol. The highest BCUT2D eigenvalue weighted by atomic mass is 16.5. The van der Waals surface area contributed by atoms with E-state index < -0.39 is 11.5 Å². The van der Waals surface area contributed by atoms with Crippen molar-refractivity contribution in [1.82, 2.24) is 0 Å². The summed E-state index contributed by atoms with van der Waals surface area (Å²) < 4.78 is 5.92. The molecule has 1 unspecified atom stereocenters. The third-order valence-electron chi connectivity index (χ3n) is 5.87. The lowest BCUT2D eigenvalue weighted by molar-refractivity contribution is -0.137. The summed E-state index contributed by atoms with van der Waals surface area (Å²) >= 11 is 0. The average Bonchev–Trinajstić information content (AvgIpc) is 3.30. The van der Waals surface area contributed by atoms with Gasteiger partial charge in [-0.15, -0.1) is 0 Å². The maximum atomic E-state index is 13.1. The van der Waals surface area contributed by atoms with Crippen LogP contribution in [0, 0.1) is 0 Å². The lowest BCUT2D eigenvalue weighted by atomic mass is 9.86. The fraction of sp³-hybridized carbons (Fsp3) is 0.250. The second kappa shape index (κ2) is 10.3. The van der Waals surface area contributed by atoms with Crippen LogP contribution in [0.3, 0.4) is 0 Å². The number of Topliss-reactive ketones (excluding diaryl/α,β-unsaturated/α-hetero) is 1. The van der Waals surface area contributed by atoms with Crippen molar-refractivity contribution in [2.75, 3.05) is 6.61 Å². The molecule has 0 radical (unpaired) electrons. The lowest BCUT2D eigenvalue weighted by Gasteiger charge is -2.21. The highest BCUT2D eigenvalue weighted by Gasteiger charge is 2.39. The van der Waals surface area contributed by atoms with Gasteiger partial charge in [-0.25, -0.2) is 0 Å². The van der Waals surface area contributed by atoms with Crippen LogP contribution in [0.2, 0.25) is 0 Å². The zero-order valence-corrected chi connectivity index (χ0v) is 18.4. The number of unbranched alkanes of at least 4 members (excludes halogenated alkanes) is 2. The van der Waals surface area contributed by atoms with Crippen LogP contribution in [0.1, 0.15) is 41.6 Å². The second-order valence-corrected chi connectivity index (χ2v) is 8.33. The van der Waals surface area contributed by atoms with Crippen molar-refractivity contribution in [1.29, 1.82) is 0 Å². The highest BCUT2D eigenvalue weighted by Crippen LogP contribution is 2.29. The van der Waals surface area contributed by atoms with Crippen LogP contribution in [0.25, 0.3) is 10.8 Å². The van der Waals surface area contributed by atoms with E-state index in [0.29, 0.717) is 12.2 Å². The molecule has 0 saturated carbocycles. The van der Waals surface area contributed by atoms with E-state index in [-0.39, 0.29) is 12.2 Å². The Morgan fingerprint density at radius 3 is 2.45 bits per heavy atom. The minimum atomic E-state index is -1.36. The summed E-state index contributed by atoms with van der Waals surface area (Å²) in [5.41, 5.74) is 0.457. The van der Waals surface area contributed by atoms with Gasteiger partial charge in [0.15, 0.2) is 11.3 Å². The van der Waals surface area contributed by atoms with Crippen LogP contribution in [0.15, 0.2) is 83.9 Å². The Morgan fingerprint density at radius 1 is 0.909 bits per heavy atom. The van der Waals surface area contributed by atoms with Crippen molar-refractivity contribution in [3.05, 3.63) is 90.0 Å². The number of carboxylic acid groups (broad SMARTS) is 1. The Morgan fingerprint density at radius 2 is 1.70 bits per heavy atom. The van der Waals surface area contributed by atoms with E-state index in [4.69, 9.17) is 4.74 Å². The molecule has 0 bridgehead atoms. The number of carbonyl (C=O) groups excluding carboxylic acids is 1. The number of nitrogens with zero attached hydrogens (tertiary/aromatic N) is 1. The van der Waals surface area contributed by atoms with E-state index in [2.05, 4.69) is 29.3 Å². The van der Waals surface area contributed by atoms with E-state index in [0.717, 1.165) is 42.2 Å². The molecule has 0 aromatic heterocycles. The Bertz CT molecular complexity index is 1190. The number of carboxylic acids is 1. The predicted molar refractivity (Wildman–Crippen MR) is 130 cm³/mol. The van der Waals surface area contributed by atoms with Crippen molar-refractivity contribution < 1.29 is 19.4 Å². The lowest BCUT2D eigenvalue weighted by Crippen LogP contribution is -2.36. The first-order chi connectivity index (χ1) is 16.1. The molecular formula is C28H27NO4. The number of aryl methyl sites for hydroxylation is 1. The third-order valence-corrected chi connectivity index (χ3v) is 5.87. The largest absolute Gasteiger partial charge is 0.494 e. The SMILES string of the molecule is O=C(O)CC1(C(=O)c2ccc3cc(OCCCCCc4ccccc4)ccc3c2)C=CC=N1. The summed E-state index contributed by atoms with van der Waals surface area (Å²) in [5, 5.41) is 11.1. The van der Waals surface area contributed by atoms with Crippen LogP contribution in [-0.4, -0.2) is 35.2 Å². The molecule has 5 heteroatoms. The van der Waals surface area contributed by atoms with Gasteiger partial charge in [0.05, 0.1) is 13.0 Å². The number of benzene rings is 3. The van der Waals surface area contributed by atoms with Gasteiger partial charge in [0.1, 0.15) is 5.75 Å². The van der Waals surface area contributed by atoms with Gasteiger partial charge < -0.3 is 9.84 Å².